The first-order chi connectivity index (χ1) is 17.7. The molecular weight excluding hydrogens is 448 g/mol. The maximum Gasteiger partial charge on any atom is 0.238 e. The van der Waals surface area contributed by atoms with Crippen molar-refractivity contribution >= 4 is 17.5 Å². The van der Waals surface area contributed by atoms with E-state index in [1.165, 1.54) is 0 Å². The number of hydrogen-bond acceptors (Lipinski definition) is 3. The van der Waals surface area contributed by atoms with E-state index < -0.39 is 0 Å². The van der Waals surface area contributed by atoms with Crippen molar-refractivity contribution in [2.24, 2.45) is 0 Å². The SMILES string of the molecule is O=C(CN1CCC[C@H]1C(=O)NC(c1ccccc1)c1ccccc1)Nc1ccccc1-n1cccc1. The number of anilines is 1. The average molecular weight is 479 g/mol. The van der Waals surface area contributed by atoms with Crippen LogP contribution in [0.15, 0.2) is 109 Å². The van der Waals surface area contributed by atoms with Crippen LogP contribution in [-0.2, 0) is 9.59 Å². The van der Waals surface area contributed by atoms with Gasteiger partial charge in [0.15, 0.2) is 0 Å². The van der Waals surface area contributed by atoms with Crippen LogP contribution in [0.2, 0.25) is 0 Å². The van der Waals surface area contributed by atoms with Crippen LogP contribution in [0.25, 0.3) is 5.69 Å². The molecule has 1 aliphatic rings. The summed E-state index contributed by atoms with van der Waals surface area (Å²) in [7, 11) is 0. The molecule has 1 aromatic heterocycles. The van der Waals surface area contributed by atoms with Gasteiger partial charge < -0.3 is 15.2 Å². The molecule has 1 aliphatic heterocycles. The Labute approximate surface area is 211 Å². The molecule has 0 radical (unpaired) electrons. The number of benzene rings is 3. The van der Waals surface area contributed by atoms with E-state index in [-0.39, 0.29) is 30.4 Å². The lowest BCUT2D eigenvalue weighted by atomic mass is 9.98. The molecule has 0 unspecified atom stereocenters. The Hall–Kier alpha value is -4.16. The first-order valence-corrected chi connectivity index (χ1v) is 12.4. The molecule has 2 heterocycles. The molecule has 0 aliphatic carbocycles. The van der Waals surface area contributed by atoms with Gasteiger partial charge in [0, 0.05) is 12.4 Å². The Morgan fingerprint density at radius 2 is 1.42 bits per heavy atom. The summed E-state index contributed by atoms with van der Waals surface area (Å²) in [6.07, 6.45) is 5.51. The Morgan fingerprint density at radius 1 is 0.806 bits per heavy atom. The van der Waals surface area contributed by atoms with Crippen molar-refractivity contribution in [3.05, 3.63) is 121 Å². The first-order valence-electron chi connectivity index (χ1n) is 12.4. The lowest BCUT2D eigenvalue weighted by Crippen LogP contribution is -2.47. The highest BCUT2D eigenvalue weighted by Gasteiger charge is 2.33. The number of rotatable bonds is 8. The predicted molar refractivity (Wildman–Crippen MR) is 142 cm³/mol. The van der Waals surface area contributed by atoms with Crippen molar-refractivity contribution in [3.8, 4) is 5.69 Å². The summed E-state index contributed by atoms with van der Waals surface area (Å²) in [6, 6.07) is 31.0. The van der Waals surface area contributed by atoms with Crippen molar-refractivity contribution in [2.75, 3.05) is 18.4 Å². The van der Waals surface area contributed by atoms with Crippen LogP contribution < -0.4 is 10.6 Å². The van der Waals surface area contributed by atoms with Gasteiger partial charge in [0.05, 0.1) is 30.0 Å². The summed E-state index contributed by atoms with van der Waals surface area (Å²) in [5.41, 5.74) is 3.70. The summed E-state index contributed by atoms with van der Waals surface area (Å²) >= 11 is 0. The third-order valence-electron chi connectivity index (χ3n) is 6.63. The number of carbonyl (C=O) groups is 2. The van der Waals surface area contributed by atoms with Gasteiger partial charge in [-0.25, -0.2) is 0 Å². The molecule has 0 saturated carbocycles. The highest BCUT2D eigenvalue weighted by Crippen LogP contribution is 2.25. The van der Waals surface area contributed by atoms with E-state index in [1.807, 2.05) is 119 Å². The monoisotopic (exact) mass is 478 g/mol. The summed E-state index contributed by atoms with van der Waals surface area (Å²) < 4.78 is 1.97. The molecule has 5 rings (SSSR count). The molecule has 6 nitrogen and oxygen atoms in total. The van der Waals surface area contributed by atoms with Crippen molar-refractivity contribution in [1.29, 1.82) is 0 Å². The van der Waals surface area contributed by atoms with E-state index in [4.69, 9.17) is 0 Å². The molecule has 0 bridgehead atoms. The normalized spacial score (nSPS) is 15.6. The second-order valence-corrected chi connectivity index (χ2v) is 9.05. The Morgan fingerprint density at radius 3 is 2.08 bits per heavy atom. The average Bonchev–Trinajstić information content (AvgIpc) is 3.61. The fourth-order valence-electron chi connectivity index (χ4n) is 4.87. The number of hydrogen-bond donors (Lipinski definition) is 2. The minimum absolute atomic E-state index is 0.0502. The van der Waals surface area contributed by atoms with Gasteiger partial charge in [-0.15, -0.1) is 0 Å². The molecule has 182 valence electrons. The Kier molecular flexibility index (Phi) is 7.24. The number of para-hydroxylation sites is 2. The van der Waals surface area contributed by atoms with Crippen LogP contribution in [0, 0.1) is 0 Å². The number of likely N-dealkylation sites (tertiary alicyclic amines) is 1. The molecule has 2 N–H and O–H groups in total. The smallest absolute Gasteiger partial charge is 0.238 e. The topological polar surface area (TPSA) is 66.4 Å². The predicted octanol–water partition coefficient (Wildman–Crippen LogP) is 4.79. The van der Waals surface area contributed by atoms with Gasteiger partial charge in [0.25, 0.3) is 0 Å². The van der Waals surface area contributed by atoms with E-state index >= 15 is 0 Å². The van der Waals surface area contributed by atoms with Gasteiger partial charge in [-0.3, -0.25) is 14.5 Å². The highest BCUT2D eigenvalue weighted by molar-refractivity contribution is 5.95. The molecule has 1 fully saturated rings. The van der Waals surface area contributed by atoms with Crippen molar-refractivity contribution < 1.29 is 9.59 Å². The lowest BCUT2D eigenvalue weighted by Gasteiger charge is -2.27. The zero-order chi connectivity index (χ0) is 24.7. The fraction of sp³-hybridized carbons (Fsp3) is 0.200. The maximum atomic E-state index is 13.5. The Bertz CT molecular complexity index is 1250. The van der Waals surface area contributed by atoms with Crippen LogP contribution >= 0.6 is 0 Å². The van der Waals surface area contributed by atoms with Gasteiger partial charge in [0.2, 0.25) is 11.8 Å². The maximum absolute atomic E-state index is 13.5. The number of nitrogens with zero attached hydrogens (tertiary/aromatic N) is 2. The minimum Gasteiger partial charge on any atom is -0.344 e. The standard InChI is InChI=1S/C30H30N4O2/c35-28(31-25-16-7-8-17-26(25)33-19-9-10-20-33)22-34-21-11-18-27(34)30(36)32-29(23-12-3-1-4-13-23)24-14-5-2-6-15-24/h1-10,12-17,19-20,27,29H,11,18,21-22H2,(H,31,35)(H,32,36)/t27-/m0/s1. The van der Waals surface area contributed by atoms with Crippen LogP contribution in [0.5, 0.6) is 0 Å². The quantitative estimate of drug-likeness (QED) is 0.383. The summed E-state index contributed by atoms with van der Waals surface area (Å²) in [6.45, 7) is 0.880. The molecule has 1 atom stereocenters. The molecule has 6 heteroatoms. The van der Waals surface area contributed by atoms with E-state index in [9.17, 15) is 9.59 Å². The molecule has 36 heavy (non-hydrogen) atoms. The zero-order valence-corrected chi connectivity index (χ0v) is 20.1. The van der Waals surface area contributed by atoms with E-state index in [0.29, 0.717) is 6.54 Å². The van der Waals surface area contributed by atoms with Gasteiger partial charge >= 0.3 is 0 Å². The number of amides is 2. The highest BCUT2D eigenvalue weighted by atomic mass is 16.2. The van der Waals surface area contributed by atoms with Crippen molar-refractivity contribution in [1.82, 2.24) is 14.8 Å². The lowest BCUT2D eigenvalue weighted by molar-refractivity contribution is -0.127. The van der Waals surface area contributed by atoms with Gasteiger partial charge in [-0.05, 0) is 54.8 Å². The van der Waals surface area contributed by atoms with E-state index in [1.54, 1.807) is 0 Å². The zero-order valence-electron chi connectivity index (χ0n) is 20.1. The third kappa shape index (κ3) is 5.39. The fourth-order valence-corrected chi connectivity index (χ4v) is 4.87. The molecule has 4 aromatic rings. The van der Waals surface area contributed by atoms with E-state index in [2.05, 4.69) is 10.6 Å². The molecule has 3 aromatic carbocycles. The van der Waals surface area contributed by atoms with E-state index in [0.717, 1.165) is 35.3 Å². The summed E-state index contributed by atoms with van der Waals surface area (Å²) in [5.74, 6) is -0.178. The van der Waals surface area contributed by atoms with Crippen molar-refractivity contribution in [3.63, 3.8) is 0 Å². The van der Waals surface area contributed by atoms with Gasteiger partial charge in [0.1, 0.15) is 0 Å². The third-order valence-corrected chi connectivity index (χ3v) is 6.63. The second kappa shape index (κ2) is 11.1. The molecular formula is C30H30N4O2. The largest absolute Gasteiger partial charge is 0.344 e. The molecule has 2 amide bonds. The first kappa shape index (κ1) is 23.6. The summed E-state index contributed by atoms with van der Waals surface area (Å²) in [5, 5.41) is 6.30. The minimum atomic E-state index is -0.342. The number of nitrogens with one attached hydrogen (secondary N) is 2. The van der Waals surface area contributed by atoms with Crippen LogP contribution in [0.4, 0.5) is 5.69 Å². The molecule has 0 spiro atoms. The van der Waals surface area contributed by atoms with Crippen molar-refractivity contribution in [2.45, 2.75) is 24.9 Å². The summed E-state index contributed by atoms with van der Waals surface area (Å²) in [4.78, 5) is 28.5. The number of aromatic nitrogens is 1. The van der Waals surface area contributed by atoms with Gasteiger partial charge in [-0.1, -0.05) is 72.8 Å². The van der Waals surface area contributed by atoms with Crippen LogP contribution in [0.1, 0.15) is 30.0 Å². The Balaban J connectivity index is 1.28. The van der Waals surface area contributed by atoms with Gasteiger partial charge in [-0.2, -0.15) is 0 Å². The van der Waals surface area contributed by atoms with Crippen LogP contribution in [-0.4, -0.2) is 40.4 Å². The van der Waals surface area contributed by atoms with Crippen LogP contribution in [0.3, 0.4) is 0 Å². The second-order valence-electron chi connectivity index (χ2n) is 9.05. The number of carbonyl (C=O) groups excluding carboxylic acids is 2. The molecule has 1 saturated heterocycles.